The maximum Gasteiger partial charge on any atom is 0.280 e. The van der Waals surface area contributed by atoms with Crippen LogP contribution in [0, 0.1) is 0 Å². The molecule has 6 heteroatoms. The van der Waals surface area contributed by atoms with Gasteiger partial charge >= 0.3 is 0 Å². The van der Waals surface area contributed by atoms with Gasteiger partial charge in [0.25, 0.3) is 5.56 Å². The molecule has 0 bridgehead atoms. The van der Waals surface area contributed by atoms with E-state index in [0.717, 1.165) is 4.47 Å². The second kappa shape index (κ2) is 4.63. The summed E-state index contributed by atoms with van der Waals surface area (Å²) in [4.78, 5) is 17.9. The number of aromatic nitrogens is 2. The summed E-state index contributed by atoms with van der Waals surface area (Å²) in [7, 11) is 1.57. The fourth-order valence-electron chi connectivity index (χ4n) is 1.24. The van der Waals surface area contributed by atoms with Gasteiger partial charge in [0.2, 0.25) is 0 Å². The van der Waals surface area contributed by atoms with Gasteiger partial charge in [-0.05, 0) is 22.0 Å². The minimum atomic E-state index is -0.248. The van der Waals surface area contributed by atoms with Gasteiger partial charge in [-0.3, -0.25) is 4.79 Å². The van der Waals surface area contributed by atoms with Gasteiger partial charge in [-0.2, -0.15) is 4.98 Å². The second-order valence-corrected chi connectivity index (χ2v) is 3.59. The molecule has 0 aliphatic carbocycles. The number of aromatic amines is 1. The average Bonchev–Trinajstić information content (AvgIpc) is 2.19. The molecule has 2 aromatic rings. The van der Waals surface area contributed by atoms with Crippen LogP contribution >= 0.6 is 28.3 Å². The molecule has 1 aromatic carbocycles. The molecule has 0 unspecified atom stereocenters. The quantitative estimate of drug-likeness (QED) is 0.875. The highest BCUT2D eigenvalue weighted by atomic mass is 79.9. The van der Waals surface area contributed by atoms with E-state index in [4.69, 9.17) is 4.74 Å². The highest BCUT2D eigenvalue weighted by Gasteiger charge is 2.05. The van der Waals surface area contributed by atoms with Gasteiger partial charge in [0.05, 0.1) is 28.8 Å². The van der Waals surface area contributed by atoms with Crippen molar-refractivity contribution < 1.29 is 4.74 Å². The fourth-order valence-corrected chi connectivity index (χ4v) is 1.74. The van der Waals surface area contributed by atoms with Crippen LogP contribution in [0.2, 0.25) is 0 Å². The van der Waals surface area contributed by atoms with Crippen LogP contribution in [-0.4, -0.2) is 17.1 Å². The lowest BCUT2D eigenvalue weighted by molar-refractivity contribution is 0.412. The summed E-state index contributed by atoms with van der Waals surface area (Å²) < 4.78 is 5.85. The second-order valence-electron chi connectivity index (χ2n) is 2.74. The topological polar surface area (TPSA) is 55.0 Å². The highest BCUT2D eigenvalue weighted by Crippen LogP contribution is 2.27. The maximum atomic E-state index is 11.3. The molecule has 1 aromatic heterocycles. The number of benzene rings is 1. The van der Waals surface area contributed by atoms with Crippen molar-refractivity contribution in [2.75, 3.05) is 7.11 Å². The Labute approximate surface area is 100 Å². The molecule has 0 radical (unpaired) electrons. The molecule has 0 saturated heterocycles. The van der Waals surface area contributed by atoms with E-state index < -0.39 is 0 Å². The Morgan fingerprint density at radius 3 is 2.87 bits per heavy atom. The SMILES string of the molecule is COc1cc2[nH]cnc(=O)c2cc1Br.Cl. The number of ether oxygens (including phenoxy) is 1. The third-order valence-corrected chi connectivity index (χ3v) is 2.54. The zero-order valence-electron chi connectivity index (χ0n) is 7.78. The molecule has 0 aliphatic rings. The smallest absolute Gasteiger partial charge is 0.280 e. The molecule has 0 atom stereocenters. The third kappa shape index (κ3) is 2.13. The summed E-state index contributed by atoms with van der Waals surface area (Å²) in [5.74, 6) is 0.680. The maximum absolute atomic E-state index is 11.3. The van der Waals surface area contributed by atoms with Crippen molar-refractivity contribution >= 4 is 39.2 Å². The monoisotopic (exact) mass is 290 g/mol. The van der Waals surface area contributed by atoms with E-state index in [1.807, 2.05) is 0 Å². The number of hydrogen-bond acceptors (Lipinski definition) is 3. The van der Waals surface area contributed by atoms with Crippen LogP contribution < -0.4 is 10.3 Å². The number of fused-ring (bicyclic) bond motifs is 1. The summed E-state index contributed by atoms with van der Waals surface area (Å²) >= 11 is 3.31. The molecule has 1 N–H and O–H groups in total. The van der Waals surface area contributed by atoms with E-state index in [9.17, 15) is 4.79 Å². The Bertz CT molecular complexity index is 541. The summed E-state index contributed by atoms with van der Waals surface area (Å²) in [5.41, 5.74) is 0.465. The summed E-state index contributed by atoms with van der Waals surface area (Å²) in [6, 6.07) is 3.45. The lowest BCUT2D eigenvalue weighted by Crippen LogP contribution is -2.06. The lowest BCUT2D eigenvalue weighted by atomic mass is 10.2. The first-order chi connectivity index (χ1) is 6.72. The van der Waals surface area contributed by atoms with Gasteiger partial charge < -0.3 is 9.72 Å². The standard InChI is InChI=1S/C9H7BrN2O2.ClH/c1-14-8-3-7-5(2-6(8)10)9(13)12-4-11-7;/h2-4H,1H3,(H,11,12,13);1H. The van der Waals surface area contributed by atoms with Crippen LogP contribution in [0.3, 0.4) is 0 Å². The average molecular weight is 292 g/mol. The number of rotatable bonds is 1. The van der Waals surface area contributed by atoms with Crippen LogP contribution in [0.25, 0.3) is 10.9 Å². The van der Waals surface area contributed by atoms with Crippen molar-refractivity contribution in [1.82, 2.24) is 9.97 Å². The largest absolute Gasteiger partial charge is 0.495 e. The molecule has 0 fully saturated rings. The highest BCUT2D eigenvalue weighted by molar-refractivity contribution is 9.10. The van der Waals surface area contributed by atoms with Crippen LogP contribution in [0.15, 0.2) is 27.7 Å². The van der Waals surface area contributed by atoms with Crippen molar-refractivity contribution in [3.05, 3.63) is 33.3 Å². The van der Waals surface area contributed by atoms with Crippen molar-refractivity contribution in [2.24, 2.45) is 0 Å². The Morgan fingerprint density at radius 2 is 2.20 bits per heavy atom. The van der Waals surface area contributed by atoms with Gasteiger partial charge in [0, 0.05) is 6.07 Å². The first-order valence-corrected chi connectivity index (χ1v) is 4.72. The molecular formula is C9H8BrClN2O2. The minimum absolute atomic E-state index is 0. The van der Waals surface area contributed by atoms with E-state index >= 15 is 0 Å². The Hall–Kier alpha value is -1.07. The molecule has 4 nitrogen and oxygen atoms in total. The molecule has 15 heavy (non-hydrogen) atoms. The zero-order chi connectivity index (χ0) is 10.1. The van der Waals surface area contributed by atoms with E-state index in [-0.39, 0.29) is 18.0 Å². The first kappa shape index (κ1) is 12.0. The number of halogens is 2. The predicted molar refractivity (Wildman–Crippen MR) is 63.9 cm³/mol. The number of nitrogens with one attached hydrogen (secondary N) is 1. The number of nitrogens with zero attached hydrogens (tertiary/aromatic N) is 1. The predicted octanol–water partition coefficient (Wildman–Crippen LogP) is 2.12. The summed E-state index contributed by atoms with van der Waals surface area (Å²) in [5, 5.41) is 0.542. The number of methoxy groups -OCH3 is 1. The van der Waals surface area contributed by atoms with Crippen LogP contribution in [-0.2, 0) is 0 Å². The van der Waals surface area contributed by atoms with Gasteiger partial charge in [-0.1, -0.05) is 0 Å². The normalized spacial score (nSPS) is 9.73. The van der Waals surface area contributed by atoms with Gasteiger partial charge in [0.1, 0.15) is 5.75 Å². The molecule has 0 saturated carbocycles. The van der Waals surface area contributed by atoms with Crippen LogP contribution in [0.4, 0.5) is 0 Å². The molecular weight excluding hydrogens is 283 g/mol. The van der Waals surface area contributed by atoms with Gasteiger partial charge in [-0.25, -0.2) is 0 Å². The first-order valence-electron chi connectivity index (χ1n) is 3.93. The Kier molecular flexibility index (Phi) is 3.71. The molecule has 0 spiro atoms. The molecule has 1 heterocycles. The molecule has 80 valence electrons. The zero-order valence-corrected chi connectivity index (χ0v) is 10.2. The molecule has 0 aliphatic heterocycles. The third-order valence-electron chi connectivity index (χ3n) is 1.92. The molecule has 0 amide bonds. The summed E-state index contributed by atoms with van der Waals surface area (Å²) in [6.45, 7) is 0. The molecule has 2 rings (SSSR count). The fraction of sp³-hybridized carbons (Fsp3) is 0.111. The van der Waals surface area contributed by atoms with Gasteiger partial charge in [-0.15, -0.1) is 12.4 Å². The lowest BCUT2D eigenvalue weighted by Gasteiger charge is -2.04. The van der Waals surface area contributed by atoms with Crippen molar-refractivity contribution in [3.8, 4) is 5.75 Å². The Balaban J connectivity index is 0.00000112. The Morgan fingerprint density at radius 1 is 1.47 bits per heavy atom. The van der Waals surface area contributed by atoms with Gasteiger partial charge in [0.15, 0.2) is 0 Å². The van der Waals surface area contributed by atoms with E-state index in [2.05, 4.69) is 25.9 Å². The van der Waals surface area contributed by atoms with E-state index in [1.165, 1.54) is 6.33 Å². The van der Waals surface area contributed by atoms with Crippen molar-refractivity contribution in [2.45, 2.75) is 0 Å². The van der Waals surface area contributed by atoms with Crippen molar-refractivity contribution in [1.29, 1.82) is 0 Å². The van der Waals surface area contributed by atoms with Crippen molar-refractivity contribution in [3.63, 3.8) is 0 Å². The van der Waals surface area contributed by atoms with Crippen LogP contribution in [0.1, 0.15) is 0 Å². The number of hydrogen-bond donors (Lipinski definition) is 1. The van der Waals surface area contributed by atoms with Crippen LogP contribution in [0.5, 0.6) is 5.75 Å². The minimum Gasteiger partial charge on any atom is -0.495 e. The van der Waals surface area contributed by atoms with E-state index in [0.29, 0.717) is 16.7 Å². The van der Waals surface area contributed by atoms with E-state index in [1.54, 1.807) is 19.2 Å². The summed E-state index contributed by atoms with van der Waals surface area (Å²) in [6.07, 6.45) is 1.37. The number of H-pyrrole nitrogens is 1.